The van der Waals surface area contributed by atoms with Gasteiger partial charge in [-0.05, 0) is 82.8 Å². The molecule has 0 atom stereocenters. The van der Waals surface area contributed by atoms with Crippen molar-refractivity contribution in [2.24, 2.45) is 5.92 Å². The molecule has 1 fully saturated rings. The van der Waals surface area contributed by atoms with Crippen molar-refractivity contribution in [1.29, 1.82) is 0 Å². The summed E-state index contributed by atoms with van der Waals surface area (Å²) in [5.74, 6) is -2.43. The lowest BCUT2D eigenvalue weighted by Gasteiger charge is -2.28. The van der Waals surface area contributed by atoms with Crippen molar-refractivity contribution in [3.8, 4) is 11.1 Å². The zero-order valence-electron chi connectivity index (χ0n) is 15.6. The maximum atomic E-state index is 14.7. The molecule has 1 aliphatic carbocycles. The van der Waals surface area contributed by atoms with Crippen molar-refractivity contribution in [3.05, 3.63) is 58.9 Å². The van der Waals surface area contributed by atoms with Gasteiger partial charge in [0.2, 0.25) is 0 Å². The summed E-state index contributed by atoms with van der Waals surface area (Å²) in [6.07, 6.45) is 6.65. The summed E-state index contributed by atoms with van der Waals surface area (Å²) in [6, 6.07) is 6.13. The van der Waals surface area contributed by atoms with E-state index in [2.05, 4.69) is 6.92 Å². The van der Waals surface area contributed by atoms with Crippen molar-refractivity contribution < 1.29 is 22.0 Å². The molecule has 0 radical (unpaired) electrons. The van der Waals surface area contributed by atoms with Crippen LogP contribution < -0.4 is 0 Å². The number of benzene rings is 2. The number of rotatable bonds is 5. The Balaban J connectivity index is 1.84. The highest BCUT2D eigenvalue weighted by atomic mass is 79.9. The summed E-state index contributed by atoms with van der Waals surface area (Å²) in [6.45, 7) is 2.18. The van der Waals surface area contributed by atoms with Crippen molar-refractivity contribution in [2.45, 2.75) is 56.2 Å². The Hall–Kier alpha value is -1.43. The van der Waals surface area contributed by atoms with Crippen LogP contribution in [0.2, 0.25) is 0 Å². The molecule has 0 N–H and O–H groups in total. The maximum absolute atomic E-state index is 14.7. The molecular weight excluding hydrogens is 439 g/mol. The van der Waals surface area contributed by atoms with Gasteiger partial charge in [-0.25, -0.2) is 13.2 Å². The Kier molecular flexibility index (Phi) is 6.47. The van der Waals surface area contributed by atoms with E-state index in [1.807, 2.05) is 15.9 Å². The quantitative estimate of drug-likeness (QED) is 0.311. The first-order chi connectivity index (χ1) is 13.2. The number of halogens is 6. The van der Waals surface area contributed by atoms with Gasteiger partial charge in [0, 0.05) is 5.56 Å². The van der Waals surface area contributed by atoms with Crippen LogP contribution in [0.5, 0.6) is 0 Å². The summed E-state index contributed by atoms with van der Waals surface area (Å²) in [5.41, 5.74) is -0.616. The number of hydrogen-bond acceptors (Lipinski definition) is 0. The van der Waals surface area contributed by atoms with Gasteiger partial charge in [-0.3, -0.25) is 0 Å². The average Bonchev–Trinajstić information content (AvgIpc) is 2.60. The average molecular weight is 461 g/mol. The number of hydrogen-bond donors (Lipinski definition) is 0. The van der Waals surface area contributed by atoms with Crippen LogP contribution in [0.15, 0.2) is 30.3 Å². The molecule has 3 rings (SSSR count). The zero-order valence-corrected chi connectivity index (χ0v) is 17.1. The van der Waals surface area contributed by atoms with E-state index < -0.39 is 27.8 Å². The van der Waals surface area contributed by atoms with Crippen LogP contribution >= 0.6 is 15.9 Å². The molecule has 0 heterocycles. The lowest BCUT2D eigenvalue weighted by Crippen LogP contribution is -2.13. The van der Waals surface area contributed by atoms with E-state index in [1.54, 1.807) is 6.07 Å². The standard InChI is InChI=1S/C22H22BrF5/c1-2-3-13-4-6-14(7-5-13)15-8-9-17(18(24)10-15)16-11-19(25)21(20(26)12-16)22(23,27)28/h8-14H,2-7H2,1H3. The second-order valence-electron chi connectivity index (χ2n) is 7.56. The van der Waals surface area contributed by atoms with Gasteiger partial charge < -0.3 is 0 Å². The van der Waals surface area contributed by atoms with Crippen LogP contribution in [0.25, 0.3) is 11.1 Å². The molecule has 0 aliphatic heterocycles. The van der Waals surface area contributed by atoms with Gasteiger partial charge in [0.15, 0.2) is 0 Å². The molecule has 0 unspecified atom stereocenters. The third kappa shape index (κ3) is 4.58. The van der Waals surface area contributed by atoms with E-state index in [9.17, 15) is 22.0 Å². The molecule has 2 aromatic rings. The maximum Gasteiger partial charge on any atom is 0.332 e. The molecule has 0 aromatic heterocycles. The molecule has 1 saturated carbocycles. The summed E-state index contributed by atoms with van der Waals surface area (Å²) in [5, 5.41) is 0. The van der Waals surface area contributed by atoms with Crippen molar-refractivity contribution in [2.75, 3.05) is 0 Å². The first-order valence-corrected chi connectivity index (χ1v) is 10.4. The van der Waals surface area contributed by atoms with Crippen LogP contribution in [0.1, 0.15) is 62.5 Å². The predicted octanol–water partition coefficient (Wildman–Crippen LogP) is 8.29. The Bertz CT molecular complexity index is 812. The first kappa shape index (κ1) is 21.3. The highest BCUT2D eigenvalue weighted by Crippen LogP contribution is 2.41. The molecule has 0 bridgehead atoms. The summed E-state index contributed by atoms with van der Waals surface area (Å²) in [4.78, 5) is -3.83. The Morgan fingerprint density at radius 1 is 0.929 bits per heavy atom. The molecule has 152 valence electrons. The first-order valence-electron chi connectivity index (χ1n) is 9.56. The highest BCUT2D eigenvalue weighted by Gasteiger charge is 2.35. The summed E-state index contributed by atoms with van der Waals surface area (Å²) >= 11 is 1.96. The molecule has 0 amide bonds. The van der Waals surface area contributed by atoms with E-state index in [1.165, 1.54) is 25.0 Å². The van der Waals surface area contributed by atoms with Crippen LogP contribution in [0, 0.1) is 23.4 Å². The molecule has 0 nitrogen and oxygen atoms in total. The van der Waals surface area contributed by atoms with Gasteiger partial charge in [0.25, 0.3) is 0 Å². The highest BCUT2D eigenvalue weighted by molar-refractivity contribution is 9.09. The minimum absolute atomic E-state index is 0.00865. The Labute approximate surface area is 170 Å². The van der Waals surface area contributed by atoms with Gasteiger partial charge in [0.1, 0.15) is 23.0 Å². The molecule has 2 aromatic carbocycles. The van der Waals surface area contributed by atoms with Gasteiger partial charge in [-0.15, -0.1) is 0 Å². The van der Waals surface area contributed by atoms with Crippen molar-refractivity contribution >= 4 is 15.9 Å². The van der Waals surface area contributed by atoms with Crippen molar-refractivity contribution in [1.82, 2.24) is 0 Å². The van der Waals surface area contributed by atoms with Gasteiger partial charge in [-0.1, -0.05) is 31.9 Å². The lowest BCUT2D eigenvalue weighted by atomic mass is 9.77. The third-order valence-electron chi connectivity index (χ3n) is 5.64. The van der Waals surface area contributed by atoms with E-state index in [0.29, 0.717) is 0 Å². The van der Waals surface area contributed by atoms with E-state index in [-0.39, 0.29) is 17.0 Å². The molecule has 6 heteroatoms. The minimum Gasteiger partial charge on any atom is -0.206 e. The normalized spacial score (nSPS) is 20.4. The van der Waals surface area contributed by atoms with Gasteiger partial charge >= 0.3 is 4.83 Å². The van der Waals surface area contributed by atoms with Crippen LogP contribution in [0.3, 0.4) is 0 Å². The fourth-order valence-corrected chi connectivity index (χ4v) is 4.59. The van der Waals surface area contributed by atoms with E-state index in [4.69, 9.17) is 0 Å². The smallest absolute Gasteiger partial charge is 0.206 e. The summed E-state index contributed by atoms with van der Waals surface area (Å²) < 4.78 is 69.3. The largest absolute Gasteiger partial charge is 0.332 e. The molecular formula is C22H22BrF5. The zero-order chi connectivity index (χ0) is 20.5. The van der Waals surface area contributed by atoms with E-state index >= 15 is 0 Å². The Morgan fingerprint density at radius 2 is 1.54 bits per heavy atom. The lowest BCUT2D eigenvalue weighted by molar-refractivity contribution is 0.105. The van der Waals surface area contributed by atoms with E-state index in [0.717, 1.165) is 49.3 Å². The minimum atomic E-state index is -3.83. The SMILES string of the molecule is CCCC1CCC(c2ccc(-c3cc(F)c(C(F)(F)Br)c(F)c3)c(F)c2)CC1. The van der Waals surface area contributed by atoms with Crippen LogP contribution in [-0.4, -0.2) is 0 Å². The molecule has 28 heavy (non-hydrogen) atoms. The summed E-state index contributed by atoms with van der Waals surface area (Å²) in [7, 11) is 0. The molecule has 0 spiro atoms. The topological polar surface area (TPSA) is 0 Å². The molecule has 1 aliphatic rings. The van der Waals surface area contributed by atoms with Crippen LogP contribution in [0.4, 0.5) is 22.0 Å². The Morgan fingerprint density at radius 3 is 2.04 bits per heavy atom. The van der Waals surface area contributed by atoms with Crippen molar-refractivity contribution in [3.63, 3.8) is 0 Å². The third-order valence-corrected chi connectivity index (χ3v) is 6.04. The predicted molar refractivity (Wildman–Crippen MR) is 104 cm³/mol. The number of alkyl halides is 3. The second kappa shape index (κ2) is 8.52. The van der Waals surface area contributed by atoms with Crippen LogP contribution in [-0.2, 0) is 4.83 Å². The monoisotopic (exact) mass is 460 g/mol. The van der Waals surface area contributed by atoms with Gasteiger partial charge in [-0.2, -0.15) is 8.78 Å². The fraction of sp³-hybridized carbons (Fsp3) is 0.455. The fourth-order valence-electron chi connectivity index (χ4n) is 4.21. The second-order valence-corrected chi connectivity index (χ2v) is 8.55. The van der Waals surface area contributed by atoms with Gasteiger partial charge in [0.05, 0.1) is 0 Å². The molecule has 0 saturated heterocycles.